The summed E-state index contributed by atoms with van der Waals surface area (Å²) in [6.07, 6.45) is 0. The first-order valence-electron chi connectivity index (χ1n) is 7.60. The molecule has 0 aliphatic carbocycles. The lowest BCUT2D eigenvalue weighted by Crippen LogP contribution is -2.31. The second kappa shape index (κ2) is 7.21. The summed E-state index contributed by atoms with van der Waals surface area (Å²) in [5.74, 6) is -3.86. The summed E-state index contributed by atoms with van der Waals surface area (Å²) in [6, 6.07) is 6.75. The molecule has 0 bridgehead atoms. The van der Waals surface area contributed by atoms with E-state index in [0.29, 0.717) is 22.5 Å². The minimum atomic E-state index is -1.21. The first-order chi connectivity index (χ1) is 11.7. The van der Waals surface area contributed by atoms with E-state index in [4.69, 9.17) is 4.74 Å². The number of nitrogens with one attached hydrogen (secondary N) is 1. The largest absolute Gasteiger partial charge is 0.478 e. The van der Waals surface area contributed by atoms with Crippen molar-refractivity contribution in [2.45, 2.75) is 33.3 Å². The lowest BCUT2D eigenvalue weighted by atomic mass is 9.79. The topological polar surface area (TPSA) is 113 Å². The summed E-state index contributed by atoms with van der Waals surface area (Å²) < 4.78 is 5.02. The molecular weight excluding hydrogens is 326 g/mol. The number of benzene rings is 1. The normalized spacial score (nSPS) is 15.0. The highest BCUT2D eigenvalue weighted by molar-refractivity contribution is 5.98. The molecule has 0 saturated carbocycles. The van der Waals surface area contributed by atoms with Crippen LogP contribution in [0.4, 0.5) is 0 Å². The van der Waals surface area contributed by atoms with E-state index in [-0.39, 0.29) is 17.8 Å². The fourth-order valence-corrected chi connectivity index (χ4v) is 3.00. The average molecular weight is 345 g/mol. The molecule has 25 heavy (non-hydrogen) atoms. The number of allylic oxidation sites excluding steroid dienone is 2. The van der Waals surface area contributed by atoms with Crippen LogP contribution in [0.15, 0.2) is 46.8 Å². The van der Waals surface area contributed by atoms with Crippen LogP contribution >= 0.6 is 0 Å². The van der Waals surface area contributed by atoms with Crippen molar-refractivity contribution in [2.75, 3.05) is 0 Å². The van der Waals surface area contributed by atoms with Gasteiger partial charge in [-0.05, 0) is 25.0 Å². The Morgan fingerprint density at radius 1 is 1.04 bits per heavy atom. The van der Waals surface area contributed by atoms with E-state index in [0.717, 1.165) is 0 Å². The van der Waals surface area contributed by atoms with Gasteiger partial charge in [-0.15, -0.1) is 0 Å². The minimum absolute atomic E-state index is 0.0433. The summed E-state index contributed by atoms with van der Waals surface area (Å²) in [6.45, 7) is 4.39. The number of carboxylic acid groups (broad SMARTS) is 2. The van der Waals surface area contributed by atoms with Gasteiger partial charge in [0.2, 0.25) is 0 Å². The maximum Gasteiger partial charge on any atom is 0.334 e. The zero-order valence-electron chi connectivity index (χ0n) is 14.1. The summed E-state index contributed by atoms with van der Waals surface area (Å²) in [5.41, 5.74) is 1.71. The number of rotatable bonds is 5. The van der Waals surface area contributed by atoms with Crippen molar-refractivity contribution in [1.29, 1.82) is 0 Å². The predicted molar refractivity (Wildman–Crippen MR) is 88.5 cm³/mol. The van der Waals surface area contributed by atoms with Crippen molar-refractivity contribution in [3.05, 3.63) is 57.9 Å². The highest BCUT2D eigenvalue weighted by atomic mass is 16.5. The number of carboxylic acids is 2. The molecule has 1 aromatic carbocycles. The van der Waals surface area contributed by atoms with Crippen molar-refractivity contribution in [1.82, 2.24) is 5.32 Å². The Morgan fingerprint density at radius 2 is 1.56 bits per heavy atom. The zero-order chi connectivity index (χ0) is 18.7. The molecule has 1 aromatic rings. The fourth-order valence-electron chi connectivity index (χ4n) is 3.00. The first kappa shape index (κ1) is 18.3. The van der Waals surface area contributed by atoms with E-state index >= 15 is 0 Å². The van der Waals surface area contributed by atoms with E-state index in [1.54, 1.807) is 38.1 Å². The lowest BCUT2D eigenvalue weighted by Gasteiger charge is -2.30. The standard InChI is InChI=1S/C18H19NO6/c1-9-14(17(21)22)16(15(18(23)24)10(2)19-9)13-7-5-4-6-12(13)8-25-11(3)20/h4-7,16,19H,8H2,1-3H3,(H,21,22)(H,23,24). The van der Waals surface area contributed by atoms with Crippen molar-refractivity contribution in [2.24, 2.45) is 0 Å². The van der Waals surface area contributed by atoms with Gasteiger partial charge in [0.05, 0.1) is 17.1 Å². The Kier molecular flexibility index (Phi) is 5.26. The zero-order valence-corrected chi connectivity index (χ0v) is 14.1. The molecule has 1 aliphatic rings. The molecule has 0 amide bonds. The van der Waals surface area contributed by atoms with E-state index < -0.39 is 23.8 Å². The maximum absolute atomic E-state index is 11.8. The molecule has 0 fully saturated rings. The van der Waals surface area contributed by atoms with Crippen LogP contribution in [0.1, 0.15) is 37.8 Å². The van der Waals surface area contributed by atoms with Crippen molar-refractivity contribution in [3.8, 4) is 0 Å². The van der Waals surface area contributed by atoms with Crippen LogP contribution < -0.4 is 5.32 Å². The summed E-state index contributed by atoms with van der Waals surface area (Å²) in [7, 11) is 0. The molecule has 0 atom stereocenters. The highest BCUT2D eigenvalue weighted by Gasteiger charge is 2.37. The Bertz CT molecular complexity index is 770. The fraction of sp³-hybridized carbons (Fsp3) is 0.278. The molecule has 1 aliphatic heterocycles. The lowest BCUT2D eigenvalue weighted by molar-refractivity contribution is -0.142. The number of aliphatic carboxylic acids is 2. The molecule has 0 radical (unpaired) electrons. The van der Waals surface area contributed by atoms with Gasteiger partial charge in [0, 0.05) is 18.3 Å². The van der Waals surface area contributed by atoms with Gasteiger partial charge in [0.1, 0.15) is 6.61 Å². The number of ether oxygens (including phenoxy) is 1. The molecule has 7 nitrogen and oxygen atoms in total. The van der Waals surface area contributed by atoms with Gasteiger partial charge in [0.15, 0.2) is 0 Å². The highest BCUT2D eigenvalue weighted by Crippen LogP contribution is 2.39. The second-order valence-corrected chi connectivity index (χ2v) is 5.72. The number of esters is 1. The van der Waals surface area contributed by atoms with E-state index in [1.807, 2.05) is 0 Å². The van der Waals surface area contributed by atoms with Gasteiger partial charge < -0.3 is 20.3 Å². The van der Waals surface area contributed by atoms with Gasteiger partial charge in [-0.1, -0.05) is 24.3 Å². The van der Waals surface area contributed by atoms with Gasteiger partial charge >= 0.3 is 17.9 Å². The number of hydrogen-bond donors (Lipinski definition) is 3. The number of carbonyl (C=O) groups is 3. The Hall–Kier alpha value is -3.09. The molecule has 0 saturated heterocycles. The smallest absolute Gasteiger partial charge is 0.334 e. The summed E-state index contributed by atoms with van der Waals surface area (Å²) >= 11 is 0. The third-order valence-electron chi connectivity index (χ3n) is 4.02. The minimum Gasteiger partial charge on any atom is -0.478 e. The second-order valence-electron chi connectivity index (χ2n) is 5.72. The van der Waals surface area contributed by atoms with E-state index in [2.05, 4.69) is 5.32 Å². The molecule has 1 heterocycles. The Labute approximate surface area is 144 Å². The van der Waals surface area contributed by atoms with Crippen LogP contribution in [-0.4, -0.2) is 28.1 Å². The van der Waals surface area contributed by atoms with Crippen molar-refractivity contribution in [3.63, 3.8) is 0 Å². The number of dihydropyridines is 1. The molecular formula is C18H19NO6. The van der Waals surface area contributed by atoms with Crippen LogP contribution in [0, 0.1) is 0 Å². The van der Waals surface area contributed by atoms with Gasteiger partial charge in [-0.25, -0.2) is 9.59 Å². The van der Waals surface area contributed by atoms with Crippen molar-refractivity contribution < 1.29 is 29.3 Å². The number of carbonyl (C=O) groups excluding carboxylic acids is 1. The quantitative estimate of drug-likeness (QED) is 0.701. The third kappa shape index (κ3) is 3.71. The maximum atomic E-state index is 11.8. The monoisotopic (exact) mass is 345 g/mol. The molecule has 132 valence electrons. The third-order valence-corrected chi connectivity index (χ3v) is 4.02. The Morgan fingerprint density at radius 3 is 2.04 bits per heavy atom. The van der Waals surface area contributed by atoms with Crippen molar-refractivity contribution >= 4 is 17.9 Å². The van der Waals surface area contributed by atoms with Gasteiger partial charge in [-0.2, -0.15) is 0 Å². The molecule has 3 N–H and O–H groups in total. The SMILES string of the molecule is CC(=O)OCc1ccccc1C1C(C(=O)O)=C(C)NC(C)=C1C(=O)O. The molecule has 0 aromatic heterocycles. The Balaban J connectivity index is 2.66. The molecule has 7 heteroatoms. The van der Waals surface area contributed by atoms with Gasteiger partial charge in [0.25, 0.3) is 0 Å². The average Bonchev–Trinajstić information content (AvgIpc) is 2.51. The number of hydrogen-bond acceptors (Lipinski definition) is 5. The summed E-state index contributed by atoms with van der Waals surface area (Å²) in [5, 5.41) is 22.1. The molecule has 0 unspecified atom stereocenters. The van der Waals surface area contributed by atoms with Crippen LogP contribution in [0.3, 0.4) is 0 Å². The van der Waals surface area contributed by atoms with Crippen LogP contribution in [-0.2, 0) is 25.7 Å². The predicted octanol–water partition coefficient (Wildman–Crippen LogP) is 2.15. The molecule has 0 spiro atoms. The first-order valence-corrected chi connectivity index (χ1v) is 7.60. The van der Waals surface area contributed by atoms with Crippen LogP contribution in [0.2, 0.25) is 0 Å². The van der Waals surface area contributed by atoms with Crippen LogP contribution in [0.5, 0.6) is 0 Å². The summed E-state index contributed by atoms with van der Waals surface area (Å²) in [4.78, 5) is 34.7. The molecule has 2 rings (SSSR count). The van der Waals surface area contributed by atoms with E-state index in [9.17, 15) is 24.6 Å². The van der Waals surface area contributed by atoms with Crippen LogP contribution in [0.25, 0.3) is 0 Å². The van der Waals surface area contributed by atoms with E-state index in [1.165, 1.54) is 6.92 Å². The van der Waals surface area contributed by atoms with Gasteiger partial charge in [-0.3, -0.25) is 4.79 Å².